The van der Waals surface area contributed by atoms with Gasteiger partial charge in [-0.1, -0.05) is 42.5 Å². The number of carbonyl (C=O) groups excluding carboxylic acids is 7. The highest BCUT2D eigenvalue weighted by Gasteiger charge is 2.36. The summed E-state index contributed by atoms with van der Waals surface area (Å²) in [6, 6.07) is 8.27. The number of rotatable bonds is 24. The van der Waals surface area contributed by atoms with Crippen LogP contribution in [0.2, 0.25) is 0 Å². The highest BCUT2D eigenvalue weighted by atomic mass is 19.1. The molecule has 2 aromatic rings. The molecule has 6 amide bonds. The number of unbranched alkanes of at least 4 members (excludes halogenated alkanes) is 1. The van der Waals surface area contributed by atoms with E-state index in [1.807, 2.05) is 0 Å². The average Bonchev–Trinajstić information content (AvgIpc) is 3.17. The Kier molecular flexibility index (Phi) is 20.5. The molecule has 0 fully saturated rings. The highest BCUT2D eigenvalue weighted by molar-refractivity contribution is 5.96. The lowest BCUT2D eigenvalue weighted by Crippen LogP contribution is -2.52. The molecule has 0 saturated carbocycles. The molecule has 19 nitrogen and oxygen atoms in total. The molecule has 5 atom stereocenters. The molecule has 0 saturated heterocycles. The Morgan fingerprint density at radius 1 is 0.787 bits per heavy atom. The van der Waals surface area contributed by atoms with Crippen molar-refractivity contribution in [2.45, 2.75) is 109 Å². The van der Waals surface area contributed by atoms with Crippen molar-refractivity contribution in [3.05, 3.63) is 77.6 Å². The molecular formula is C41H53FN6O13. The molecule has 0 aliphatic carbocycles. The molecule has 0 unspecified atom stereocenters. The number of carboxylic acid groups (broad SMARTS) is 2. The van der Waals surface area contributed by atoms with Gasteiger partial charge in [-0.15, -0.1) is 0 Å². The Bertz CT molecular complexity index is 1900. The third-order valence-corrected chi connectivity index (χ3v) is 8.41. The van der Waals surface area contributed by atoms with Gasteiger partial charge in [-0.25, -0.2) is 18.8 Å². The van der Waals surface area contributed by atoms with Crippen LogP contribution in [0, 0.1) is 5.82 Å². The molecule has 0 spiro atoms. The van der Waals surface area contributed by atoms with Crippen LogP contribution in [0.1, 0.15) is 89.8 Å². The van der Waals surface area contributed by atoms with E-state index >= 15 is 0 Å². The zero-order valence-corrected chi connectivity index (χ0v) is 34.2. The Balaban J connectivity index is 1.78. The Labute approximate surface area is 351 Å². The number of halogens is 1. The van der Waals surface area contributed by atoms with E-state index in [4.69, 9.17) is 15.2 Å². The molecule has 9 N–H and O–H groups in total. The van der Waals surface area contributed by atoms with Gasteiger partial charge < -0.3 is 52.0 Å². The van der Waals surface area contributed by atoms with E-state index in [2.05, 4.69) is 26.6 Å². The summed E-state index contributed by atoms with van der Waals surface area (Å²) < 4.78 is 23.8. The fourth-order valence-corrected chi connectivity index (χ4v) is 5.39. The van der Waals surface area contributed by atoms with E-state index in [-0.39, 0.29) is 38.6 Å². The summed E-state index contributed by atoms with van der Waals surface area (Å²) in [5.41, 5.74) is 5.21. The normalized spacial score (nSPS) is 13.6. The minimum absolute atomic E-state index is 0.0411. The van der Waals surface area contributed by atoms with Crippen LogP contribution < -0.4 is 32.3 Å². The Morgan fingerprint density at radius 2 is 1.48 bits per heavy atom. The number of nitrogens with one attached hydrogen (secondary N) is 5. The van der Waals surface area contributed by atoms with Gasteiger partial charge in [0.25, 0.3) is 0 Å². The van der Waals surface area contributed by atoms with Gasteiger partial charge in [-0.2, -0.15) is 0 Å². The largest absolute Gasteiger partial charge is 0.480 e. The van der Waals surface area contributed by atoms with Gasteiger partial charge in [0.05, 0.1) is 6.42 Å². The fourth-order valence-electron chi connectivity index (χ4n) is 5.39. The van der Waals surface area contributed by atoms with E-state index in [1.54, 1.807) is 45.0 Å². The van der Waals surface area contributed by atoms with Crippen molar-refractivity contribution in [1.82, 2.24) is 26.6 Å². The minimum atomic E-state index is -1.86. The van der Waals surface area contributed by atoms with Crippen molar-refractivity contribution in [1.29, 1.82) is 0 Å². The highest BCUT2D eigenvalue weighted by Crippen LogP contribution is 2.22. The topological polar surface area (TPSA) is 299 Å². The maximum absolute atomic E-state index is 13.3. The van der Waals surface area contributed by atoms with E-state index in [0.29, 0.717) is 11.1 Å². The first kappa shape index (κ1) is 50.3. The zero-order chi connectivity index (χ0) is 45.7. The average molecular weight is 857 g/mol. The number of alkyl carbamates (subject to hydrolysis) is 1. The summed E-state index contributed by atoms with van der Waals surface area (Å²) >= 11 is 0. The summed E-state index contributed by atoms with van der Waals surface area (Å²) in [7, 11) is 0. The van der Waals surface area contributed by atoms with Crippen LogP contribution in [0.5, 0.6) is 0 Å². The maximum atomic E-state index is 13.3. The summed E-state index contributed by atoms with van der Waals surface area (Å²) in [5, 5.41) is 31.6. The number of carbonyl (C=O) groups is 9. The number of benzene rings is 2. The first-order valence-corrected chi connectivity index (χ1v) is 19.2. The number of hydrogen-bond acceptors (Lipinski definition) is 11. The number of aliphatic carboxylic acids is 2. The van der Waals surface area contributed by atoms with Crippen LogP contribution in [-0.2, 0) is 47.8 Å². The van der Waals surface area contributed by atoms with Gasteiger partial charge in [-0.3, -0.25) is 28.8 Å². The van der Waals surface area contributed by atoms with Crippen LogP contribution in [0.4, 0.5) is 9.18 Å². The summed E-state index contributed by atoms with van der Waals surface area (Å²) in [6.45, 7) is 6.26. The van der Waals surface area contributed by atoms with E-state index in [9.17, 15) is 57.8 Å². The lowest BCUT2D eigenvalue weighted by molar-refractivity contribution is -0.166. The van der Waals surface area contributed by atoms with Crippen molar-refractivity contribution < 1.29 is 67.2 Å². The Hall–Kier alpha value is -6.86. The van der Waals surface area contributed by atoms with Gasteiger partial charge in [0.15, 0.2) is 0 Å². The van der Waals surface area contributed by atoms with Crippen molar-refractivity contribution in [3.63, 3.8) is 0 Å². The number of hydrogen-bond donors (Lipinski definition) is 8. The molecule has 0 aliphatic heterocycles. The molecule has 0 heterocycles. The van der Waals surface area contributed by atoms with Gasteiger partial charge in [0.2, 0.25) is 35.6 Å². The molecule has 20 heteroatoms. The van der Waals surface area contributed by atoms with Crippen molar-refractivity contribution in [2.24, 2.45) is 5.73 Å². The summed E-state index contributed by atoms with van der Waals surface area (Å²) in [4.78, 5) is 111. The van der Waals surface area contributed by atoms with Crippen LogP contribution in [0.15, 0.2) is 60.7 Å². The third-order valence-electron chi connectivity index (χ3n) is 8.41. The smallest absolute Gasteiger partial charge is 0.408 e. The van der Waals surface area contributed by atoms with Crippen LogP contribution in [-0.4, -0.2) is 100 Å². The predicted octanol–water partition coefficient (Wildman–Crippen LogP) is 1.99. The number of nitrogens with two attached hydrogens (primary N) is 1. The molecular weight excluding hydrogens is 803 g/mol. The van der Waals surface area contributed by atoms with Gasteiger partial charge in [0.1, 0.15) is 35.6 Å². The Morgan fingerprint density at radius 3 is 2.08 bits per heavy atom. The third kappa shape index (κ3) is 20.1. The SMILES string of the molecule is C[C@H](NC(=O)/C=C/c1cccc(F)c1)C(=O)N[C@H](CCC(=O)N[C@@H](CCCCNC(=O)CCC(=O)O[C@@H](C(=O)O)[C@@H](NC(=O)OC(C)(C)C)c1ccccc1)C(=O)O)C(N)=O. The second-order valence-electron chi connectivity index (χ2n) is 14.7. The lowest BCUT2D eigenvalue weighted by atomic mass is 10.0. The molecule has 332 valence electrons. The van der Waals surface area contributed by atoms with Crippen molar-refractivity contribution in [3.8, 4) is 0 Å². The van der Waals surface area contributed by atoms with Gasteiger partial charge in [-0.05, 0) is 82.7 Å². The van der Waals surface area contributed by atoms with Crippen molar-refractivity contribution in [2.75, 3.05) is 6.54 Å². The summed E-state index contributed by atoms with van der Waals surface area (Å²) in [5.74, 6) is -8.20. The maximum Gasteiger partial charge on any atom is 0.408 e. The van der Waals surface area contributed by atoms with E-state index in [1.165, 1.54) is 43.3 Å². The number of esters is 1. The molecule has 2 aromatic carbocycles. The first-order valence-electron chi connectivity index (χ1n) is 19.2. The second kappa shape index (κ2) is 24.9. The van der Waals surface area contributed by atoms with E-state index < -0.39 is 108 Å². The quantitative estimate of drug-likeness (QED) is 0.0426. The number of amides is 6. The van der Waals surface area contributed by atoms with Crippen LogP contribution in [0.25, 0.3) is 6.08 Å². The standard InChI is InChI=1S/C41H53FN6O13/c1-24(45-31(50)18-16-25-11-10-14-27(42)23-25)37(54)47-28(36(43)53)17-19-32(51)46-29(38(55)56)15-8-9-22-44-30(49)20-21-33(52)60-35(39(57)58)34(26-12-6-5-7-13-26)48-40(59)61-41(2,3)4/h5-7,10-14,16,18,23-24,28-29,34-35H,8-9,15,17,19-22H2,1-4H3,(H2,43,53)(H,44,49)(H,45,50)(H,46,51)(H,47,54)(H,48,59)(H,55,56)(H,57,58)/b18-16+/t24-,28+,29-,34-,35+/m0/s1. The molecule has 0 aromatic heterocycles. The predicted molar refractivity (Wildman–Crippen MR) is 215 cm³/mol. The van der Waals surface area contributed by atoms with E-state index in [0.717, 1.165) is 6.08 Å². The monoisotopic (exact) mass is 856 g/mol. The van der Waals surface area contributed by atoms with Crippen molar-refractivity contribution >= 4 is 59.6 Å². The minimum Gasteiger partial charge on any atom is -0.480 e. The summed E-state index contributed by atoms with van der Waals surface area (Å²) in [6.07, 6.45) is -1.47. The zero-order valence-electron chi connectivity index (χ0n) is 34.2. The molecule has 2 rings (SSSR count). The van der Waals surface area contributed by atoms with Crippen LogP contribution >= 0.6 is 0 Å². The second-order valence-corrected chi connectivity index (χ2v) is 14.7. The first-order chi connectivity index (χ1) is 28.6. The molecule has 61 heavy (non-hydrogen) atoms. The van der Waals surface area contributed by atoms with Gasteiger partial charge in [0, 0.05) is 25.5 Å². The van der Waals surface area contributed by atoms with Crippen LogP contribution in [0.3, 0.4) is 0 Å². The fraction of sp³-hybridized carbons (Fsp3) is 0.439. The number of primary amides is 1. The number of carboxylic acids is 2. The lowest BCUT2D eigenvalue weighted by Gasteiger charge is -2.27. The molecule has 0 aliphatic rings. The molecule has 0 bridgehead atoms. The van der Waals surface area contributed by atoms with Gasteiger partial charge >= 0.3 is 24.0 Å². The molecule has 0 radical (unpaired) electrons. The number of ether oxygens (including phenoxy) is 2.